The fraction of sp³-hybridized carbons (Fsp3) is 0.320. The Morgan fingerprint density at radius 2 is 1.82 bits per heavy atom. The van der Waals surface area contributed by atoms with Crippen LogP contribution in [0.1, 0.15) is 45.3 Å². The Kier molecular flexibility index (Phi) is 9.52. The second-order valence-electron chi connectivity index (χ2n) is 8.12. The lowest BCUT2D eigenvalue weighted by atomic mass is 10.1. The van der Waals surface area contributed by atoms with Gasteiger partial charge in [-0.3, -0.25) is 9.59 Å². The average molecular weight is 535 g/mol. The van der Waals surface area contributed by atoms with Gasteiger partial charge in [-0.25, -0.2) is 13.9 Å². The number of hydrogen-bond donors (Lipinski definition) is 2. The Labute approximate surface area is 215 Å². The van der Waals surface area contributed by atoms with Crippen molar-refractivity contribution in [2.45, 2.75) is 38.5 Å². The molecular formula is C25H25F4N5O4. The second kappa shape index (κ2) is 12.8. The van der Waals surface area contributed by atoms with Crippen molar-refractivity contribution in [2.24, 2.45) is 0 Å². The summed E-state index contributed by atoms with van der Waals surface area (Å²) in [5.74, 6) is -3.45. The maximum atomic E-state index is 14.0. The van der Waals surface area contributed by atoms with Crippen LogP contribution in [0.4, 0.5) is 17.6 Å². The van der Waals surface area contributed by atoms with Gasteiger partial charge < -0.3 is 15.4 Å². The third-order valence-electron chi connectivity index (χ3n) is 5.38. The van der Waals surface area contributed by atoms with Crippen molar-refractivity contribution in [3.8, 4) is 0 Å². The lowest BCUT2D eigenvalue weighted by Gasteiger charge is -2.16. The van der Waals surface area contributed by atoms with Crippen molar-refractivity contribution >= 4 is 17.8 Å². The maximum Gasteiger partial charge on any atom is 0.416 e. The number of halogens is 4. The Morgan fingerprint density at radius 1 is 1.08 bits per heavy atom. The molecule has 0 saturated carbocycles. The summed E-state index contributed by atoms with van der Waals surface area (Å²) in [5.41, 5.74) is -0.846. The number of benzene rings is 2. The summed E-state index contributed by atoms with van der Waals surface area (Å²) in [5, 5.41) is 12.5. The number of ether oxygens (including phenoxy) is 1. The topological polar surface area (TPSA) is 115 Å². The number of aromatic nitrogens is 3. The molecule has 2 amide bonds. The molecule has 3 rings (SSSR count). The fourth-order valence-electron chi connectivity index (χ4n) is 3.45. The summed E-state index contributed by atoms with van der Waals surface area (Å²) in [6.07, 6.45) is -2.61. The summed E-state index contributed by atoms with van der Waals surface area (Å²) in [6, 6.07) is 10.1. The first-order valence-electron chi connectivity index (χ1n) is 11.6. The highest BCUT2D eigenvalue weighted by Gasteiger charge is 2.31. The average Bonchev–Trinajstić information content (AvgIpc) is 3.35. The second-order valence-corrected chi connectivity index (χ2v) is 8.12. The molecule has 0 bridgehead atoms. The van der Waals surface area contributed by atoms with E-state index < -0.39 is 46.9 Å². The first-order valence-corrected chi connectivity index (χ1v) is 11.6. The highest BCUT2D eigenvalue weighted by Crippen LogP contribution is 2.30. The molecule has 1 unspecified atom stereocenters. The lowest BCUT2D eigenvalue weighted by Crippen LogP contribution is -2.42. The molecule has 9 nitrogen and oxygen atoms in total. The van der Waals surface area contributed by atoms with Crippen molar-refractivity contribution in [3.63, 3.8) is 0 Å². The van der Waals surface area contributed by atoms with Gasteiger partial charge in [-0.15, -0.1) is 5.10 Å². The molecule has 3 aromatic rings. The molecule has 2 aromatic carbocycles. The van der Waals surface area contributed by atoms with Crippen LogP contribution < -0.4 is 10.6 Å². The van der Waals surface area contributed by atoms with Crippen LogP contribution >= 0.6 is 0 Å². The molecule has 0 spiro atoms. The van der Waals surface area contributed by atoms with E-state index in [0.717, 1.165) is 11.6 Å². The number of aryl methyl sites for hydroxylation is 1. The van der Waals surface area contributed by atoms with E-state index in [1.807, 2.05) is 30.3 Å². The van der Waals surface area contributed by atoms with Crippen LogP contribution in [0.5, 0.6) is 0 Å². The zero-order valence-corrected chi connectivity index (χ0v) is 20.3. The molecule has 0 aliphatic carbocycles. The van der Waals surface area contributed by atoms with Gasteiger partial charge in [0.05, 0.1) is 30.5 Å². The Morgan fingerprint density at radius 3 is 2.47 bits per heavy atom. The minimum absolute atomic E-state index is 0.0313. The maximum absolute atomic E-state index is 14.0. The highest BCUT2D eigenvalue weighted by atomic mass is 19.4. The molecule has 0 radical (unpaired) electrons. The van der Waals surface area contributed by atoms with Crippen molar-refractivity contribution in [2.75, 3.05) is 13.2 Å². The Balaban J connectivity index is 1.54. The summed E-state index contributed by atoms with van der Waals surface area (Å²) < 4.78 is 58.3. The first-order chi connectivity index (χ1) is 18.1. The van der Waals surface area contributed by atoms with Crippen molar-refractivity contribution in [1.82, 2.24) is 25.6 Å². The van der Waals surface area contributed by atoms with Gasteiger partial charge in [-0.2, -0.15) is 13.2 Å². The molecule has 2 N–H and O–H groups in total. The molecule has 38 heavy (non-hydrogen) atoms. The predicted octanol–water partition coefficient (Wildman–Crippen LogP) is 3.16. The number of alkyl halides is 3. The van der Waals surface area contributed by atoms with E-state index in [4.69, 9.17) is 4.74 Å². The van der Waals surface area contributed by atoms with Crippen molar-refractivity contribution in [3.05, 3.63) is 82.9 Å². The van der Waals surface area contributed by atoms with E-state index in [1.165, 1.54) is 10.9 Å². The highest BCUT2D eigenvalue weighted by molar-refractivity contribution is 5.95. The van der Waals surface area contributed by atoms with Crippen LogP contribution in [-0.4, -0.2) is 52.0 Å². The minimum Gasteiger partial charge on any atom is -0.464 e. The third kappa shape index (κ3) is 7.85. The number of hydrogen-bond acceptors (Lipinski definition) is 6. The zero-order chi connectivity index (χ0) is 27.7. The SMILES string of the molecule is CCOC(=O)C(CCc1ccccc1)NC(=O)c1cn(CCNC(=O)c2ccc(C(F)(F)F)cc2F)nn1. The molecule has 0 saturated heterocycles. The molecule has 202 valence electrons. The van der Waals surface area contributed by atoms with Gasteiger partial charge in [0.15, 0.2) is 5.69 Å². The van der Waals surface area contributed by atoms with Gasteiger partial charge in [0.1, 0.15) is 11.9 Å². The summed E-state index contributed by atoms with van der Waals surface area (Å²) in [7, 11) is 0. The number of carbonyl (C=O) groups excluding carboxylic acids is 3. The number of nitrogens with zero attached hydrogens (tertiary/aromatic N) is 3. The number of rotatable bonds is 11. The Hall–Kier alpha value is -4.29. The minimum atomic E-state index is -4.73. The number of carbonyl (C=O) groups is 3. The summed E-state index contributed by atoms with van der Waals surface area (Å²) >= 11 is 0. The third-order valence-corrected chi connectivity index (χ3v) is 5.38. The molecule has 1 heterocycles. The van der Waals surface area contributed by atoms with Crippen LogP contribution in [0.2, 0.25) is 0 Å². The molecule has 1 aromatic heterocycles. The van der Waals surface area contributed by atoms with Crippen LogP contribution in [-0.2, 0) is 28.7 Å². The number of nitrogens with one attached hydrogen (secondary N) is 2. The van der Waals surface area contributed by atoms with E-state index in [9.17, 15) is 31.9 Å². The Bertz CT molecular complexity index is 1260. The molecule has 1 atom stereocenters. The van der Waals surface area contributed by atoms with E-state index in [1.54, 1.807) is 6.92 Å². The molecule has 0 aliphatic heterocycles. The lowest BCUT2D eigenvalue weighted by molar-refractivity contribution is -0.145. The van der Waals surface area contributed by atoms with E-state index in [0.29, 0.717) is 18.9 Å². The van der Waals surface area contributed by atoms with Gasteiger partial charge in [-0.05, 0) is 43.5 Å². The quantitative estimate of drug-likeness (QED) is 0.288. The van der Waals surface area contributed by atoms with Crippen molar-refractivity contribution < 1.29 is 36.7 Å². The number of amides is 2. The van der Waals surface area contributed by atoms with Gasteiger partial charge in [0.25, 0.3) is 11.8 Å². The fourth-order valence-corrected chi connectivity index (χ4v) is 3.45. The van der Waals surface area contributed by atoms with Gasteiger partial charge in [0.2, 0.25) is 0 Å². The van der Waals surface area contributed by atoms with E-state index >= 15 is 0 Å². The van der Waals surface area contributed by atoms with E-state index in [-0.39, 0.29) is 31.5 Å². The van der Waals surface area contributed by atoms with E-state index in [2.05, 4.69) is 20.9 Å². The largest absolute Gasteiger partial charge is 0.464 e. The summed E-state index contributed by atoms with van der Waals surface area (Å²) in [4.78, 5) is 37.2. The zero-order valence-electron chi connectivity index (χ0n) is 20.3. The van der Waals surface area contributed by atoms with Crippen LogP contribution in [0.3, 0.4) is 0 Å². The molecule has 0 aliphatic rings. The van der Waals surface area contributed by atoms with Gasteiger partial charge in [-0.1, -0.05) is 35.5 Å². The van der Waals surface area contributed by atoms with Crippen molar-refractivity contribution in [1.29, 1.82) is 0 Å². The molecule has 13 heteroatoms. The predicted molar refractivity (Wildman–Crippen MR) is 126 cm³/mol. The normalized spacial score (nSPS) is 12.0. The van der Waals surface area contributed by atoms with Gasteiger partial charge >= 0.3 is 12.1 Å². The van der Waals surface area contributed by atoms with Crippen LogP contribution in [0, 0.1) is 5.82 Å². The van der Waals surface area contributed by atoms with Crippen LogP contribution in [0.15, 0.2) is 54.7 Å². The monoisotopic (exact) mass is 535 g/mol. The molecular weight excluding hydrogens is 510 g/mol. The van der Waals surface area contributed by atoms with Gasteiger partial charge in [0, 0.05) is 6.54 Å². The molecule has 0 fully saturated rings. The van der Waals surface area contributed by atoms with Crippen LogP contribution in [0.25, 0.3) is 0 Å². The smallest absolute Gasteiger partial charge is 0.416 e. The standard InChI is InChI=1S/C25H25F4N5O4/c1-2-38-24(37)20(11-8-16-6-4-3-5-7-16)31-23(36)21-15-34(33-32-21)13-12-30-22(35)18-10-9-17(14-19(18)26)25(27,28)29/h3-7,9-10,14-15,20H,2,8,11-13H2,1H3,(H,30,35)(H,31,36). The first kappa shape index (κ1) is 28.3. The number of esters is 1. The summed E-state index contributed by atoms with van der Waals surface area (Å²) in [6.45, 7) is 1.76.